The second-order valence-electron chi connectivity index (χ2n) is 6.24. The van der Waals surface area contributed by atoms with Crippen LogP contribution in [0.25, 0.3) is 0 Å². The average Bonchev–Trinajstić information content (AvgIpc) is 2.56. The molecule has 0 radical (unpaired) electrons. The van der Waals surface area contributed by atoms with Crippen LogP contribution in [0.1, 0.15) is 16.7 Å². The summed E-state index contributed by atoms with van der Waals surface area (Å²) in [6.45, 7) is 3.83. The number of carbonyl (C=O) groups is 1. The second kappa shape index (κ2) is 8.23. The van der Waals surface area contributed by atoms with Crippen molar-refractivity contribution in [1.29, 1.82) is 0 Å². The van der Waals surface area contributed by atoms with E-state index in [-0.39, 0.29) is 12.5 Å². The number of rotatable bonds is 7. The molecule has 1 N–H and O–H groups in total. The van der Waals surface area contributed by atoms with Crippen molar-refractivity contribution in [3.8, 4) is 5.75 Å². The molecule has 0 aliphatic rings. The lowest BCUT2D eigenvalue weighted by atomic mass is 10.1. The molecule has 0 fully saturated rings. The molecule has 0 atom stereocenters. The molecule has 0 heterocycles. The Kier molecular flexibility index (Phi) is 6.26. The van der Waals surface area contributed by atoms with Crippen molar-refractivity contribution in [1.82, 2.24) is 5.32 Å². The molecule has 140 valence electrons. The molecule has 26 heavy (non-hydrogen) atoms. The largest absolute Gasteiger partial charge is 0.497 e. The number of aryl methyl sites for hydroxylation is 2. The van der Waals surface area contributed by atoms with Crippen LogP contribution in [0.3, 0.4) is 0 Å². The minimum Gasteiger partial charge on any atom is -0.497 e. The van der Waals surface area contributed by atoms with Gasteiger partial charge in [-0.3, -0.25) is 9.10 Å². The minimum atomic E-state index is -3.58. The number of sulfonamides is 1. The van der Waals surface area contributed by atoms with Crippen LogP contribution >= 0.6 is 0 Å². The molecule has 0 unspecified atom stereocenters. The highest BCUT2D eigenvalue weighted by molar-refractivity contribution is 7.92. The molecule has 0 spiro atoms. The van der Waals surface area contributed by atoms with E-state index in [9.17, 15) is 13.2 Å². The molecule has 2 aromatic rings. The molecule has 0 aliphatic carbocycles. The maximum absolute atomic E-state index is 12.3. The van der Waals surface area contributed by atoms with E-state index in [4.69, 9.17) is 4.74 Å². The van der Waals surface area contributed by atoms with Crippen LogP contribution < -0.4 is 14.4 Å². The lowest BCUT2D eigenvalue weighted by Gasteiger charge is -2.22. The van der Waals surface area contributed by atoms with Gasteiger partial charge in [0.15, 0.2) is 0 Å². The number of nitrogens with zero attached hydrogens (tertiary/aromatic N) is 1. The maximum Gasteiger partial charge on any atom is 0.241 e. The fourth-order valence-electron chi connectivity index (χ4n) is 2.63. The molecular formula is C19H24N2O4S. The van der Waals surface area contributed by atoms with Gasteiger partial charge < -0.3 is 10.1 Å². The third-order valence-electron chi connectivity index (χ3n) is 3.83. The first-order valence-corrected chi connectivity index (χ1v) is 9.99. The zero-order valence-electron chi connectivity index (χ0n) is 15.4. The zero-order valence-corrected chi connectivity index (χ0v) is 16.3. The summed E-state index contributed by atoms with van der Waals surface area (Å²) >= 11 is 0. The predicted molar refractivity (Wildman–Crippen MR) is 103 cm³/mol. The highest BCUT2D eigenvalue weighted by atomic mass is 32.2. The molecule has 0 bridgehead atoms. The highest BCUT2D eigenvalue weighted by Gasteiger charge is 2.21. The van der Waals surface area contributed by atoms with Crippen molar-refractivity contribution in [2.45, 2.75) is 20.4 Å². The van der Waals surface area contributed by atoms with Crippen LogP contribution in [0.2, 0.25) is 0 Å². The number of hydrogen-bond acceptors (Lipinski definition) is 4. The van der Waals surface area contributed by atoms with Crippen LogP contribution in [0.5, 0.6) is 5.75 Å². The molecule has 1 amide bonds. The van der Waals surface area contributed by atoms with Crippen LogP contribution in [0, 0.1) is 13.8 Å². The molecule has 6 nitrogen and oxygen atoms in total. The lowest BCUT2D eigenvalue weighted by molar-refractivity contribution is -0.119. The van der Waals surface area contributed by atoms with E-state index in [2.05, 4.69) is 5.32 Å². The number of anilines is 1. The highest BCUT2D eigenvalue weighted by Crippen LogP contribution is 2.21. The third kappa shape index (κ3) is 5.49. The van der Waals surface area contributed by atoms with Crippen molar-refractivity contribution in [3.05, 3.63) is 59.2 Å². The van der Waals surface area contributed by atoms with Gasteiger partial charge >= 0.3 is 0 Å². The Morgan fingerprint density at radius 3 is 2.15 bits per heavy atom. The van der Waals surface area contributed by atoms with E-state index >= 15 is 0 Å². The monoisotopic (exact) mass is 376 g/mol. The fourth-order valence-corrected chi connectivity index (χ4v) is 3.47. The first-order valence-electron chi connectivity index (χ1n) is 8.14. The molecule has 0 aliphatic heterocycles. The Labute approximate surface area is 154 Å². The Balaban J connectivity index is 2.09. The topological polar surface area (TPSA) is 75.7 Å². The summed E-state index contributed by atoms with van der Waals surface area (Å²) in [7, 11) is -2.00. The van der Waals surface area contributed by atoms with Crippen molar-refractivity contribution in [2.24, 2.45) is 0 Å². The van der Waals surface area contributed by atoms with E-state index in [0.717, 1.165) is 33.0 Å². The van der Waals surface area contributed by atoms with E-state index in [1.807, 2.05) is 32.0 Å². The summed E-state index contributed by atoms with van der Waals surface area (Å²) in [6, 6.07) is 12.8. The van der Waals surface area contributed by atoms with E-state index < -0.39 is 10.0 Å². The molecule has 2 rings (SSSR count). The van der Waals surface area contributed by atoms with Gasteiger partial charge in [-0.2, -0.15) is 0 Å². The van der Waals surface area contributed by atoms with Gasteiger partial charge in [0, 0.05) is 6.54 Å². The number of benzene rings is 2. The van der Waals surface area contributed by atoms with Crippen LogP contribution in [0.15, 0.2) is 42.5 Å². The Morgan fingerprint density at radius 1 is 1.08 bits per heavy atom. The lowest BCUT2D eigenvalue weighted by Crippen LogP contribution is -2.40. The predicted octanol–water partition coefficient (Wildman–Crippen LogP) is 2.39. The van der Waals surface area contributed by atoms with Crippen molar-refractivity contribution in [3.63, 3.8) is 0 Å². The summed E-state index contributed by atoms with van der Waals surface area (Å²) in [5, 5.41) is 2.75. The first-order chi connectivity index (χ1) is 12.2. The number of amides is 1. The van der Waals surface area contributed by atoms with Crippen molar-refractivity contribution < 1.29 is 17.9 Å². The standard InChI is InChI=1S/C19H24N2O4S/c1-14-9-15(2)11-17(10-14)21(26(4,23)24)13-19(22)20-12-16-5-7-18(25-3)8-6-16/h5-11H,12-13H2,1-4H3,(H,20,22). The van der Waals surface area contributed by atoms with Crippen molar-refractivity contribution >= 4 is 21.6 Å². The number of methoxy groups -OCH3 is 1. The molecule has 0 aromatic heterocycles. The normalized spacial score (nSPS) is 11.1. The van der Waals surface area contributed by atoms with Gasteiger partial charge in [-0.1, -0.05) is 18.2 Å². The summed E-state index contributed by atoms with van der Waals surface area (Å²) in [5.41, 5.74) is 3.26. The van der Waals surface area contributed by atoms with Gasteiger partial charge in [0.1, 0.15) is 12.3 Å². The SMILES string of the molecule is COc1ccc(CNC(=O)CN(c2cc(C)cc(C)c2)S(C)(=O)=O)cc1. The number of carbonyl (C=O) groups excluding carboxylic acids is 1. The Bertz CT molecular complexity index is 857. The van der Waals surface area contributed by atoms with Gasteiger partial charge in [0.25, 0.3) is 0 Å². The van der Waals surface area contributed by atoms with Crippen LogP contribution in [-0.4, -0.2) is 34.2 Å². The third-order valence-corrected chi connectivity index (χ3v) is 4.97. The summed E-state index contributed by atoms with van der Waals surface area (Å²) < 4.78 is 30.5. The first kappa shape index (κ1) is 19.8. The summed E-state index contributed by atoms with van der Waals surface area (Å²) in [6.07, 6.45) is 1.10. The number of ether oxygens (including phenoxy) is 1. The molecule has 0 saturated heterocycles. The maximum atomic E-state index is 12.3. The average molecular weight is 376 g/mol. The van der Waals surface area contributed by atoms with Crippen molar-refractivity contribution in [2.75, 3.05) is 24.2 Å². The molecule has 7 heteroatoms. The summed E-state index contributed by atoms with van der Waals surface area (Å²) in [4.78, 5) is 12.3. The van der Waals surface area contributed by atoms with Gasteiger partial charge in [-0.15, -0.1) is 0 Å². The van der Waals surface area contributed by atoms with E-state index in [1.165, 1.54) is 0 Å². The second-order valence-corrected chi connectivity index (χ2v) is 8.15. The van der Waals surface area contributed by atoms with Crippen LogP contribution in [0.4, 0.5) is 5.69 Å². The van der Waals surface area contributed by atoms with Gasteiger partial charge in [0.2, 0.25) is 15.9 Å². The van der Waals surface area contributed by atoms with E-state index in [0.29, 0.717) is 12.2 Å². The van der Waals surface area contributed by atoms with Gasteiger partial charge in [0.05, 0.1) is 19.1 Å². The fraction of sp³-hybridized carbons (Fsp3) is 0.316. The minimum absolute atomic E-state index is 0.266. The van der Waals surface area contributed by atoms with Gasteiger partial charge in [-0.25, -0.2) is 8.42 Å². The molecule has 2 aromatic carbocycles. The van der Waals surface area contributed by atoms with E-state index in [1.54, 1.807) is 31.4 Å². The molecule has 0 saturated carbocycles. The Hall–Kier alpha value is -2.54. The summed E-state index contributed by atoms with van der Waals surface area (Å²) in [5.74, 6) is 0.364. The molecular weight excluding hydrogens is 352 g/mol. The quantitative estimate of drug-likeness (QED) is 0.805. The van der Waals surface area contributed by atoms with Gasteiger partial charge in [-0.05, 0) is 54.8 Å². The van der Waals surface area contributed by atoms with Crippen LogP contribution in [-0.2, 0) is 21.4 Å². The number of hydrogen-bond donors (Lipinski definition) is 1. The number of nitrogens with one attached hydrogen (secondary N) is 1. The zero-order chi connectivity index (χ0) is 19.3. The smallest absolute Gasteiger partial charge is 0.241 e. The Morgan fingerprint density at radius 2 is 1.65 bits per heavy atom.